The molecule has 3 rings (SSSR count). The number of benzene rings is 1. The van der Waals surface area contributed by atoms with Crippen LogP contribution in [0, 0.1) is 0 Å². The van der Waals surface area contributed by atoms with Gasteiger partial charge < -0.3 is 5.32 Å². The fourth-order valence-electron chi connectivity index (χ4n) is 2.81. The second-order valence-electron chi connectivity index (χ2n) is 5.39. The lowest BCUT2D eigenvalue weighted by molar-refractivity contribution is 0.169. The molecule has 3 nitrogen and oxygen atoms in total. The van der Waals surface area contributed by atoms with Crippen molar-refractivity contribution in [1.82, 2.24) is 15.2 Å². The molecule has 1 N–H and O–H groups in total. The molecule has 0 amide bonds. The van der Waals surface area contributed by atoms with Crippen LogP contribution >= 0.6 is 0 Å². The monoisotopic (exact) mass is 273 g/mol. The summed E-state index contributed by atoms with van der Waals surface area (Å²) in [5.74, 6) is 0. The molecule has 1 saturated heterocycles. The lowest BCUT2D eigenvalue weighted by Crippen LogP contribution is -2.40. The summed E-state index contributed by atoms with van der Waals surface area (Å²) in [5, 5.41) is 5.65. The van der Waals surface area contributed by atoms with Crippen LogP contribution in [0.4, 0.5) is 4.39 Å². The first-order valence-electron chi connectivity index (χ1n) is 7.20. The predicted molar refractivity (Wildman–Crippen MR) is 79.4 cm³/mol. The van der Waals surface area contributed by atoms with Gasteiger partial charge >= 0.3 is 0 Å². The van der Waals surface area contributed by atoms with E-state index in [9.17, 15) is 4.39 Å². The second kappa shape index (κ2) is 6.29. The van der Waals surface area contributed by atoms with Crippen molar-refractivity contribution in [2.75, 3.05) is 26.3 Å². The van der Waals surface area contributed by atoms with Crippen molar-refractivity contribution in [2.45, 2.75) is 19.0 Å². The average molecular weight is 273 g/mol. The van der Waals surface area contributed by atoms with Gasteiger partial charge in [-0.2, -0.15) is 0 Å². The van der Waals surface area contributed by atoms with E-state index < -0.39 is 0 Å². The van der Waals surface area contributed by atoms with Crippen molar-refractivity contribution in [3.8, 4) is 0 Å². The molecule has 1 aliphatic rings. The first-order chi connectivity index (χ1) is 9.86. The maximum absolute atomic E-state index is 13.2. The van der Waals surface area contributed by atoms with Gasteiger partial charge in [-0.3, -0.25) is 9.88 Å². The van der Waals surface area contributed by atoms with Crippen LogP contribution in [0.2, 0.25) is 0 Å². The van der Waals surface area contributed by atoms with Gasteiger partial charge in [-0.1, -0.05) is 12.1 Å². The fourth-order valence-corrected chi connectivity index (χ4v) is 2.81. The zero-order valence-electron chi connectivity index (χ0n) is 11.6. The first-order valence-corrected chi connectivity index (χ1v) is 7.20. The quantitative estimate of drug-likeness (QED) is 0.930. The number of hydrogen-bond donors (Lipinski definition) is 1. The Balaban J connectivity index is 1.80. The summed E-state index contributed by atoms with van der Waals surface area (Å²) in [6.07, 6.45) is 4.76. The van der Waals surface area contributed by atoms with Crippen LogP contribution in [0.25, 0.3) is 10.8 Å². The Kier molecular flexibility index (Phi) is 4.23. The van der Waals surface area contributed by atoms with Gasteiger partial charge in [0.15, 0.2) is 0 Å². The molecule has 2 aromatic rings. The minimum atomic E-state index is -0.287. The summed E-state index contributed by atoms with van der Waals surface area (Å²) < 4.78 is 13.2. The number of hydrogen-bond acceptors (Lipinski definition) is 3. The summed E-state index contributed by atoms with van der Waals surface area (Å²) in [4.78, 5) is 6.38. The number of aromatic nitrogens is 1. The third-order valence-corrected chi connectivity index (χ3v) is 3.96. The number of halogens is 1. The number of nitrogens with zero attached hydrogens (tertiary/aromatic N) is 2. The molecule has 0 radical (unpaired) electrons. The van der Waals surface area contributed by atoms with E-state index in [-0.39, 0.29) is 12.7 Å². The number of fused-ring (bicyclic) bond motifs is 1. The van der Waals surface area contributed by atoms with Gasteiger partial charge in [-0.05, 0) is 36.0 Å². The van der Waals surface area contributed by atoms with E-state index in [1.807, 2.05) is 18.5 Å². The van der Waals surface area contributed by atoms with Crippen molar-refractivity contribution in [3.63, 3.8) is 0 Å². The minimum absolute atomic E-state index is 0.00867. The van der Waals surface area contributed by atoms with Crippen molar-refractivity contribution < 1.29 is 4.39 Å². The Labute approximate surface area is 118 Å². The maximum atomic E-state index is 13.2. The van der Waals surface area contributed by atoms with E-state index in [4.69, 9.17) is 0 Å². The minimum Gasteiger partial charge on any atom is -0.315 e. The van der Waals surface area contributed by atoms with Crippen LogP contribution in [0.3, 0.4) is 0 Å². The Bertz CT molecular complexity index is 572. The van der Waals surface area contributed by atoms with E-state index in [0.717, 1.165) is 38.0 Å². The largest absolute Gasteiger partial charge is 0.315 e. The number of rotatable bonds is 3. The van der Waals surface area contributed by atoms with Crippen LogP contribution < -0.4 is 5.32 Å². The second-order valence-corrected chi connectivity index (χ2v) is 5.39. The molecule has 4 heteroatoms. The lowest BCUT2D eigenvalue weighted by atomic mass is 10.1. The number of alkyl halides is 1. The Hall–Kier alpha value is -1.52. The summed E-state index contributed by atoms with van der Waals surface area (Å²) in [6.45, 7) is 3.21. The molecule has 2 heterocycles. The van der Waals surface area contributed by atoms with Gasteiger partial charge in [0.05, 0.1) is 6.04 Å². The summed E-state index contributed by atoms with van der Waals surface area (Å²) >= 11 is 0. The van der Waals surface area contributed by atoms with Crippen LogP contribution in [0.1, 0.15) is 12.0 Å². The molecule has 1 aromatic heterocycles. The van der Waals surface area contributed by atoms with E-state index in [2.05, 4.69) is 33.4 Å². The highest BCUT2D eigenvalue weighted by atomic mass is 19.1. The maximum Gasteiger partial charge on any atom is 0.106 e. The molecule has 20 heavy (non-hydrogen) atoms. The lowest BCUT2D eigenvalue weighted by Gasteiger charge is -2.27. The molecular formula is C16H20FN3. The highest BCUT2D eigenvalue weighted by Gasteiger charge is 2.20. The molecular weight excluding hydrogens is 253 g/mol. The summed E-state index contributed by atoms with van der Waals surface area (Å²) in [6, 6.07) is 8.42. The van der Waals surface area contributed by atoms with Crippen molar-refractivity contribution in [2.24, 2.45) is 0 Å². The number of pyridine rings is 1. The van der Waals surface area contributed by atoms with E-state index in [1.165, 1.54) is 10.9 Å². The van der Waals surface area contributed by atoms with E-state index in [0.29, 0.717) is 0 Å². The van der Waals surface area contributed by atoms with Gasteiger partial charge in [0.25, 0.3) is 0 Å². The van der Waals surface area contributed by atoms with Gasteiger partial charge in [0.2, 0.25) is 0 Å². The predicted octanol–water partition coefficient (Wildman–Crippen LogP) is 2.37. The fraction of sp³-hybridized carbons (Fsp3) is 0.438. The molecule has 1 fully saturated rings. The van der Waals surface area contributed by atoms with E-state index in [1.54, 1.807) is 0 Å². The summed E-state index contributed by atoms with van der Waals surface area (Å²) in [7, 11) is 0. The van der Waals surface area contributed by atoms with Crippen LogP contribution in [0.5, 0.6) is 0 Å². The highest BCUT2D eigenvalue weighted by molar-refractivity contribution is 5.81. The molecule has 0 aliphatic carbocycles. The van der Waals surface area contributed by atoms with Crippen molar-refractivity contribution >= 4 is 10.8 Å². The Morgan fingerprint density at radius 3 is 3.15 bits per heavy atom. The molecule has 106 valence electrons. The normalized spacial score (nSPS) is 20.9. The third kappa shape index (κ3) is 2.97. The third-order valence-electron chi connectivity index (χ3n) is 3.96. The molecule has 0 unspecified atom stereocenters. The zero-order chi connectivity index (χ0) is 13.8. The van der Waals surface area contributed by atoms with Crippen LogP contribution in [-0.2, 0) is 6.54 Å². The van der Waals surface area contributed by atoms with Gasteiger partial charge in [0, 0.05) is 37.4 Å². The summed E-state index contributed by atoms with van der Waals surface area (Å²) in [5.41, 5.74) is 1.24. The molecule has 0 saturated carbocycles. The molecule has 0 spiro atoms. The van der Waals surface area contributed by atoms with Crippen molar-refractivity contribution in [3.05, 3.63) is 42.2 Å². The van der Waals surface area contributed by atoms with Gasteiger partial charge in [0.1, 0.15) is 6.67 Å². The van der Waals surface area contributed by atoms with Crippen LogP contribution in [-0.4, -0.2) is 42.2 Å². The van der Waals surface area contributed by atoms with E-state index >= 15 is 0 Å². The Morgan fingerprint density at radius 1 is 1.30 bits per heavy atom. The topological polar surface area (TPSA) is 28.2 Å². The van der Waals surface area contributed by atoms with Crippen molar-refractivity contribution in [1.29, 1.82) is 0 Å². The highest BCUT2D eigenvalue weighted by Crippen LogP contribution is 2.17. The average Bonchev–Trinajstić information content (AvgIpc) is 2.72. The van der Waals surface area contributed by atoms with Gasteiger partial charge in [-0.25, -0.2) is 4.39 Å². The molecule has 1 atom stereocenters. The Morgan fingerprint density at radius 2 is 2.25 bits per heavy atom. The molecule has 1 aliphatic heterocycles. The van der Waals surface area contributed by atoms with Crippen LogP contribution in [0.15, 0.2) is 36.7 Å². The molecule has 0 bridgehead atoms. The standard InChI is InChI=1S/C16H20FN3/c17-9-16-11-18-5-1-7-20(16)12-13-2-3-15-10-19-6-4-14(15)8-13/h2-4,6,8,10,16,18H,1,5,7,9,11-12H2/t16-/m1/s1. The smallest absolute Gasteiger partial charge is 0.106 e. The zero-order valence-corrected chi connectivity index (χ0v) is 11.6. The SMILES string of the molecule is FC[C@@H]1CNCCCN1Cc1ccc2cnccc2c1. The first kappa shape index (κ1) is 13.5. The molecule has 1 aromatic carbocycles. The number of nitrogens with one attached hydrogen (secondary N) is 1. The van der Waals surface area contributed by atoms with Gasteiger partial charge in [-0.15, -0.1) is 0 Å².